The molecule has 3 aromatic rings. The van der Waals surface area contributed by atoms with Crippen molar-refractivity contribution in [3.05, 3.63) is 76.5 Å². The number of nitrogens with zero attached hydrogens (tertiary/aromatic N) is 1. The Labute approximate surface area is 194 Å². The number of likely N-dealkylation sites (tertiary alicyclic amines) is 1. The number of ether oxygens (including phenoxy) is 2. The summed E-state index contributed by atoms with van der Waals surface area (Å²) in [7, 11) is 1.45. The van der Waals surface area contributed by atoms with Gasteiger partial charge < -0.3 is 9.47 Å². The summed E-state index contributed by atoms with van der Waals surface area (Å²) >= 11 is 1.73. The van der Waals surface area contributed by atoms with Crippen molar-refractivity contribution < 1.29 is 14.3 Å². The second kappa shape index (κ2) is 11.3. The van der Waals surface area contributed by atoms with Gasteiger partial charge in [-0.3, -0.25) is 9.69 Å². The fourth-order valence-electron chi connectivity index (χ4n) is 4.28. The summed E-state index contributed by atoms with van der Waals surface area (Å²) in [5.74, 6) is 0.790. The van der Waals surface area contributed by atoms with Crippen LogP contribution in [0.15, 0.2) is 65.4 Å². The van der Waals surface area contributed by atoms with E-state index in [9.17, 15) is 4.79 Å². The second-order valence-corrected chi connectivity index (χ2v) is 9.13. The molecule has 0 N–H and O–H groups in total. The van der Waals surface area contributed by atoms with E-state index in [1.165, 1.54) is 35.8 Å². The highest BCUT2D eigenvalue weighted by Crippen LogP contribution is 2.24. The van der Waals surface area contributed by atoms with Crippen molar-refractivity contribution in [3.63, 3.8) is 0 Å². The van der Waals surface area contributed by atoms with Crippen molar-refractivity contribution in [1.82, 2.24) is 4.90 Å². The monoisotopic (exact) mass is 449 g/mol. The van der Waals surface area contributed by atoms with E-state index in [0.717, 1.165) is 38.1 Å². The first-order valence-electron chi connectivity index (χ1n) is 11.4. The van der Waals surface area contributed by atoms with Crippen LogP contribution in [-0.4, -0.2) is 43.7 Å². The molecule has 0 radical (unpaired) electrons. The summed E-state index contributed by atoms with van der Waals surface area (Å²) in [5, 5.41) is 4.29. The minimum atomic E-state index is -0.129. The standard InChI is InChI=1S/C27H31NO3S/c1-30-27(29)5-3-16-28-15-2-4-25(28)19-31-26-12-8-22(9-13-26)18-21-6-10-23(11-7-21)24-14-17-32-20-24/h6-14,17,20,25H,2-5,15-16,18-19H2,1H3/t25-/m0/s1. The molecule has 0 saturated carbocycles. The number of carbonyl (C=O) groups excluding carboxylic acids is 1. The summed E-state index contributed by atoms with van der Waals surface area (Å²) in [4.78, 5) is 13.8. The average molecular weight is 450 g/mol. The van der Waals surface area contributed by atoms with Crippen LogP contribution in [0.4, 0.5) is 0 Å². The van der Waals surface area contributed by atoms with Crippen LogP contribution in [0.3, 0.4) is 0 Å². The van der Waals surface area contributed by atoms with Crippen LogP contribution in [0.25, 0.3) is 11.1 Å². The third-order valence-corrected chi connectivity index (χ3v) is 6.82. The molecule has 0 bridgehead atoms. The van der Waals surface area contributed by atoms with E-state index in [2.05, 4.69) is 70.3 Å². The van der Waals surface area contributed by atoms with Crippen LogP contribution in [0.5, 0.6) is 5.75 Å². The van der Waals surface area contributed by atoms with Crippen molar-refractivity contribution in [2.45, 2.75) is 38.1 Å². The number of esters is 1. The van der Waals surface area contributed by atoms with Gasteiger partial charge in [0.15, 0.2) is 0 Å². The first-order chi connectivity index (χ1) is 15.7. The van der Waals surface area contributed by atoms with Gasteiger partial charge >= 0.3 is 5.97 Å². The zero-order valence-corrected chi connectivity index (χ0v) is 19.5. The van der Waals surface area contributed by atoms with E-state index in [1.54, 1.807) is 11.3 Å². The number of carbonyl (C=O) groups is 1. The lowest BCUT2D eigenvalue weighted by molar-refractivity contribution is -0.140. The third kappa shape index (κ3) is 6.21. The van der Waals surface area contributed by atoms with E-state index in [4.69, 9.17) is 9.47 Å². The summed E-state index contributed by atoms with van der Waals surface area (Å²) < 4.78 is 10.8. The lowest BCUT2D eigenvalue weighted by atomic mass is 10.0. The molecule has 5 heteroatoms. The normalized spacial score (nSPS) is 16.2. The Hall–Kier alpha value is -2.63. The molecule has 0 amide bonds. The van der Waals surface area contributed by atoms with Crippen LogP contribution < -0.4 is 4.74 Å². The largest absolute Gasteiger partial charge is 0.492 e. The average Bonchev–Trinajstić information content (AvgIpc) is 3.51. The zero-order chi connectivity index (χ0) is 22.2. The minimum absolute atomic E-state index is 0.129. The predicted molar refractivity (Wildman–Crippen MR) is 130 cm³/mol. The molecule has 0 spiro atoms. The van der Waals surface area contributed by atoms with Crippen molar-refractivity contribution in [2.24, 2.45) is 0 Å². The lowest BCUT2D eigenvalue weighted by Crippen LogP contribution is -2.35. The highest BCUT2D eigenvalue weighted by molar-refractivity contribution is 7.08. The molecule has 4 nitrogen and oxygen atoms in total. The number of hydrogen-bond donors (Lipinski definition) is 0. The van der Waals surface area contributed by atoms with Gasteiger partial charge in [-0.15, -0.1) is 0 Å². The molecule has 0 aliphatic carbocycles. The van der Waals surface area contributed by atoms with Gasteiger partial charge in [0.1, 0.15) is 12.4 Å². The highest BCUT2D eigenvalue weighted by Gasteiger charge is 2.24. The molecule has 0 unspecified atom stereocenters. The maximum Gasteiger partial charge on any atom is 0.305 e. The lowest BCUT2D eigenvalue weighted by Gasteiger charge is -2.24. The number of thiophene rings is 1. The maximum atomic E-state index is 11.3. The third-order valence-electron chi connectivity index (χ3n) is 6.14. The topological polar surface area (TPSA) is 38.8 Å². The van der Waals surface area contributed by atoms with E-state index < -0.39 is 0 Å². The molecule has 2 aromatic carbocycles. The molecule has 1 saturated heterocycles. The smallest absolute Gasteiger partial charge is 0.305 e. The predicted octanol–water partition coefficient (Wildman–Crippen LogP) is 5.80. The van der Waals surface area contributed by atoms with E-state index >= 15 is 0 Å². The Morgan fingerprint density at radius 2 is 1.78 bits per heavy atom. The first-order valence-corrected chi connectivity index (χ1v) is 12.3. The van der Waals surface area contributed by atoms with Crippen molar-refractivity contribution >= 4 is 17.3 Å². The summed E-state index contributed by atoms with van der Waals surface area (Å²) in [5.41, 5.74) is 5.15. The maximum absolute atomic E-state index is 11.3. The molecule has 168 valence electrons. The molecular weight excluding hydrogens is 418 g/mol. The van der Waals surface area contributed by atoms with Crippen LogP contribution in [0.1, 0.15) is 36.8 Å². The number of hydrogen-bond acceptors (Lipinski definition) is 5. The van der Waals surface area contributed by atoms with Crippen molar-refractivity contribution in [2.75, 3.05) is 26.8 Å². The summed E-state index contributed by atoms with van der Waals surface area (Å²) in [6.45, 7) is 2.70. The molecule has 1 aliphatic rings. The second-order valence-electron chi connectivity index (χ2n) is 8.35. The van der Waals surface area contributed by atoms with Gasteiger partial charge in [-0.1, -0.05) is 36.4 Å². The minimum Gasteiger partial charge on any atom is -0.492 e. The Morgan fingerprint density at radius 3 is 2.47 bits per heavy atom. The van der Waals surface area contributed by atoms with Gasteiger partial charge in [0, 0.05) is 12.5 Å². The van der Waals surface area contributed by atoms with E-state index in [-0.39, 0.29) is 5.97 Å². The Morgan fingerprint density at radius 1 is 1.03 bits per heavy atom. The van der Waals surface area contributed by atoms with Crippen LogP contribution in [0, 0.1) is 0 Å². The molecule has 1 aromatic heterocycles. The molecule has 2 heterocycles. The van der Waals surface area contributed by atoms with Gasteiger partial charge in [0.2, 0.25) is 0 Å². The fourth-order valence-corrected chi connectivity index (χ4v) is 4.95. The number of benzene rings is 2. The Bertz CT molecular complexity index is 967. The molecule has 4 rings (SSSR count). The van der Waals surface area contributed by atoms with Crippen LogP contribution >= 0.6 is 11.3 Å². The van der Waals surface area contributed by atoms with Gasteiger partial charge in [0.05, 0.1) is 7.11 Å². The van der Waals surface area contributed by atoms with E-state index in [1.807, 2.05) is 0 Å². The zero-order valence-electron chi connectivity index (χ0n) is 18.7. The van der Waals surface area contributed by atoms with Crippen LogP contribution in [-0.2, 0) is 16.0 Å². The fraction of sp³-hybridized carbons (Fsp3) is 0.370. The molecular formula is C27H31NO3S. The summed E-state index contributed by atoms with van der Waals surface area (Å²) in [6, 6.07) is 19.9. The molecule has 32 heavy (non-hydrogen) atoms. The van der Waals surface area contributed by atoms with Gasteiger partial charge in [-0.2, -0.15) is 11.3 Å². The first kappa shape index (κ1) is 22.6. The van der Waals surface area contributed by atoms with Gasteiger partial charge in [0.25, 0.3) is 0 Å². The number of methoxy groups -OCH3 is 1. The Kier molecular flexibility index (Phi) is 7.97. The van der Waals surface area contributed by atoms with Gasteiger partial charge in [-0.05, 0) is 90.0 Å². The Balaban J connectivity index is 1.24. The van der Waals surface area contributed by atoms with Crippen molar-refractivity contribution in [1.29, 1.82) is 0 Å². The molecule has 1 fully saturated rings. The SMILES string of the molecule is COC(=O)CCCN1CCC[C@H]1COc1ccc(Cc2ccc(-c3ccsc3)cc2)cc1. The summed E-state index contributed by atoms with van der Waals surface area (Å²) in [6.07, 6.45) is 4.58. The molecule has 1 aliphatic heterocycles. The van der Waals surface area contributed by atoms with Crippen molar-refractivity contribution in [3.8, 4) is 16.9 Å². The van der Waals surface area contributed by atoms with Crippen LogP contribution in [0.2, 0.25) is 0 Å². The number of rotatable bonds is 10. The quantitative estimate of drug-likeness (QED) is 0.367. The van der Waals surface area contributed by atoms with E-state index in [0.29, 0.717) is 19.1 Å². The van der Waals surface area contributed by atoms with Gasteiger partial charge in [-0.25, -0.2) is 0 Å². The highest BCUT2D eigenvalue weighted by atomic mass is 32.1. The molecule has 1 atom stereocenters.